The number of hydrogen-bond acceptors (Lipinski definition) is 3. The molecule has 0 atom stereocenters. The zero-order valence-corrected chi connectivity index (χ0v) is 13.2. The smallest absolute Gasteiger partial charge is 0.256 e. The first-order valence-electron chi connectivity index (χ1n) is 6.84. The van der Waals surface area contributed by atoms with E-state index in [4.69, 9.17) is 5.73 Å². The van der Waals surface area contributed by atoms with Crippen LogP contribution < -0.4 is 16.6 Å². The predicted octanol–water partition coefficient (Wildman–Crippen LogP) is 2.13. The number of carbonyl (C=O) groups is 1. The number of rotatable bonds is 3. The zero-order valence-electron chi connectivity index (χ0n) is 11.7. The second-order valence-corrected chi connectivity index (χ2v) is 5.85. The van der Waals surface area contributed by atoms with Gasteiger partial charge in [-0.05, 0) is 40.4 Å². The van der Waals surface area contributed by atoms with Crippen LogP contribution in [0.1, 0.15) is 10.4 Å². The average Bonchev–Trinajstić information content (AvgIpc) is 2.51. The van der Waals surface area contributed by atoms with Gasteiger partial charge >= 0.3 is 0 Å². The van der Waals surface area contributed by atoms with Crippen molar-refractivity contribution in [3.05, 3.63) is 56.9 Å². The summed E-state index contributed by atoms with van der Waals surface area (Å²) in [5.41, 5.74) is 5.80. The highest BCUT2D eigenvalue weighted by Crippen LogP contribution is 2.29. The van der Waals surface area contributed by atoms with Gasteiger partial charge in [-0.3, -0.25) is 9.59 Å². The Kier molecular flexibility index (Phi) is 3.96. The lowest BCUT2D eigenvalue weighted by Crippen LogP contribution is -2.29. The monoisotopic (exact) mass is 359 g/mol. The third-order valence-electron chi connectivity index (χ3n) is 3.51. The maximum Gasteiger partial charge on any atom is 0.256 e. The summed E-state index contributed by atoms with van der Waals surface area (Å²) in [6, 6.07) is 9.07. The Morgan fingerprint density at radius 3 is 2.82 bits per heavy atom. The Hall–Kier alpha value is -2.18. The molecule has 3 rings (SSSR count). The van der Waals surface area contributed by atoms with Crippen LogP contribution in [-0.4, -0.2) is 24.0 Å². The summed E-state index contributed by atoms with van der Waals surface area (Å²) in [6.07, 6.45) is 1.58. The molecule has 1 amide bonds. The van der Waals surface area contributed by atoms with Gasteiger partial charge < -0.3 is 16.0 Å². The van der Waals surface area contributed by atoms with Crippen molar-refractivity contribution < 1.29 is 4.79 Å². The Morgan fingerprint density at radius 2 is 2.05 bits per heavy atom. The van der Waals surface area contributed by atoms with Crippen molar-refractivity contribution in [2.24, 2.45) is 5.73 Å². The van der Waals surface area contributed by atoms with Gasteiger partial charge in [0.25, 0.3) is 11.5 Å². The van der Waals surface area contributed by atoms with Crippen LogP contribution in [0.15, 0.2) is 45.8 Å². The SMILES string of the molecule is NCCNC(=O)c1cc2cc[nH]c(=O)c2c2cc(Br)ccc12. The molecule has 0 saturated carbocycles. The number of nitrogens with two attached hydrogens (primary N) is 1. The highest BCUT2D eigenvalue weighted by molar-refractivity contribution is 9.10. The molecule has 0 radical (unpaired) electrons. The molecule has 0 saturated heterocycles. The molecule has 112 valence electrons. The molecule has 2 aromatic carbocycles. The van der Waals surface area contributed by atoms with Gasteiger partial charge in [0.2, 0.25) is 0 Å². The number of amides is 1. The molecule has 6 heteroatoms. The van der Waals surface area contributed by atoms with Crippen molar-refractivity contribution in [3.8, 4) is 0 Å². The number of pyridine rings is 1. The van der Waals surface area contributed by atoms with E-state index in [-0.39, 0.29) is 11.5 Å². The van der Waals surface area contributed by atoms with E-state index in [2.05, 4.69) is 26.2 Å². The normalized spacial score (nSPS) is 11.0. The van der Waals surface area contributed by atoms with Gasteiger partial charge in [-0.15, -0.1) is 0 Å². The minimum Gasteiger partial charge on any atom is -0.351 e. The van der Waals surface area contributed by atoms with Gasteiger partial charge in [0.1, 0.15) is 0 Å². The van der Waals surface area contributed by atoms with Crippen molar-refractivity contribution in [3.63, 3.8) is 0 Å². The van der Waals surface area contributed by atoms with Crippen LogP contribution in [0.25, 0.3) is 21.5 Å². The van der Waals surface area contributed by atoms with E-state index in [9.17, 15) is 9.59 Å². The molecule has 22 heavy (non-hydrogen) atoms. The average molecular weight is 360 g/mol. The fourth-order valence-electron chi connectivity index (χ4n) is 2.55. The summed E-state index contributed by atoms with van der Waals surface area (Å²) in [4.78, 5) is 27.2. The molecule has 0 aliphatic heterocycles. The summed E-state index contributed by atoms with van der Waals surface area (Å²) in [7, 11) is 0. The van der Waals surface area contributed by atoms with Crippen LogP contribution in [0, 0.1) is 0 Å². The lowest BCUT2D eigenvalue weighted by molar-refractivity contribution is 0.0956. The summed E-state index contributed by atoms with van der Waals surface area (Å²) in [5, 5.41) is 5.56. The van der Waals surface area contributed by atoms with Crippen LogP contribution in [0.5, 0.6) is 0 Å². The minimum absolute atomic E-state index is 0.172. The Balaban J connectivity index is 2.37. The van der Waals surface area contributed by atoms with Gasteiger partial charge in [-0.2, -0.15) is 0 Å². The van der Waals surface area contributed by atoms with E-state index in [1.54, 1.807) is 18.3 Å². The zero-order chi connectivity index (χ0) is 15.7. The van der Waals surface area contributed by atoms with E-state index in [0.29, 0.717) is 24.0 Å². The summed E-state index contributed by atoms with van der Waals surface area (Å²) in [5.74, 6) is -0.194. The van der Waals surface area contributed by atoms with Gasteiger partial charge in [0.15, 0.2) is 0 Å². The Bertz CT molecular complexity index is 934. The predicted molar refractivity (Wildman–Crippen MR) is 91.2 cm³/mol. The highest BCUT2D eigenvalue weighted by Gasteiger charge is 2.14. The van der Waals surface area contributed by atoms with Gasteiger partial charge in [0.05, 0.1) is 5.39 Å². The second-order valence-electron chi connectivity index (χ2n) is 4.93. The van der Waals surface area contributed by atoms with E-state index in [1.807, 2.05) is 18.2 Å². The first-order chi connectivity index (χ1) is 10.6. The van der Waals surface area contributed by atoms with Crippen molar-refractivity contribution >= 4 is 43.4 Å². The first-order valence-corrected chi connectivity index (χ1v) is 7.63. The number of carbonyl (C=O) groups excluding carboxylic acids is 1. The number of fused-ring (bicyclic) bond motifs is 3. The van der Waals surface area contributed by atoms with Crippen LogP contribution in [0.4, 0.5) is 0 Å². The fraction of sp³-hybridized carbons (Fsp3) is 0.125. The fourth-order valence-corrected chi connectivity index (χ4v) is 2.91. The lowest BCUT2D eigenvalue weighted by Gasteiger charge is -2.10. The van der Waals surface area contributed by atoms with Crippen LogP contribution in [-0.2, 0) is 0 Å². The maximum atomic E-state index is 12.4. The lowest BCUT2D eigenvalue weighted by atomic mass is 9.98. The molecule has 3 aromatic rings. The number of aromatic nitrogens is 1. The molecule has 1 heterocycles. The topological polar surface area (TPSA) is 88.0 Å². The summed E-state index contributed by atoms with van der Waals surface area (Å²) in [6.45, 7) is 0.784. The molecule has 0 aliphatic carbocycles. The number of benzene rings is 2. The van der Waals surface area contributed by atoms with Crippen molar-refractivity contribution in [2.75, 3.05) is 13.1 Å². The first kappa shape index (κ1) is 14.7. The molecule has 0 bridgehead atoms. The van der Waals surface area contributed by atoms with E-state index < -0.39 is 0 Å². The number of nitrogens with one attached hydrogen (secondary N) is 2. The molecule has 0 fully saturated rings. The molecule has 0 unspecified atom stereocenters. The van der Waals surface area contributed by atoms with Gasteiger partial charge in [-0.25, -0.2) is 0 Å². The van der Waals surface area contributed by atoms with Crippen molar-refractivity contribution in [1.29, 1.82) is 0 Å². The van der Waals surface area contributed by atoms with Crippen molar-refractivity contribution in [1.82, 2.24) is 10.3 Å². The molecule has 4 N–H and O–H groups in total. The summed E-state index contributed by atoms with van der Waals surface area (Å²) < 4.78 is 0.851. The van der Waals surface area contributed by atoms with E-state index in [1.165, 1.54) is 0 Å². The second kappa shape index (κ2) is 5.90. The number of halogens is 1. The minimum atomic E-state index is -0.194. The number of hydrogen-bond donors (Lipinski definition) is 3. The molecule has 1 aromatic heterocycles. The van der Waals surface area contributed by atoms with E-state index >= 15 is 0 Å². The largest absolute Gasteiger partial charge is 0.351 e. The molecule has 0 spiro atoms. The maximum absolute atomic E-state index is 12.4. The van der Waals surface area contributed by atoms with Crippen LogP contribution >= 0.6 is 15.9 Å². The molecular formula is C16H14BrN3O2. The quantitative estimate of drug-likeness (QED) is 0.626. The standard InChI is InChI=1S/C16H14BrN3O2/c17-10-1-2-11-12(8-10)14-9(3-5-19-16(14)22)7-13(11)15(21)20-6-4-18/h1-3,5,7-8H,4,6,18H2,(H,19,22)(H,20,21). The Morgan fingerprint density at radius 1 is 1.23 bits per heavy atom. The van der Waals surface area contributed by atoms with Gasteiger partial charge in [0, 0.05) is 29.3 Å². The van der Waals surface area contributed by atoms with Crippen molar-refractivity contribution in [2.45, 2.75) is 0 Å². The Labute approximate surface area is 134 Å². The molecular weight excluding hydrogens is 346 g/mol. The van der Waals surface area contributed by atoms with E-state index in [0.717, 1.165) is 20.6 Å². The van der Waals surface area contributed by atoms with Crippen LogP contribution in [0.2, 0.25) is 0 Å². The van der Waals surface area contributed by atoms with Gasteiger partial charge in [-0.1, -0.05) is 22.0 Å². The number of H-pyrrole nitrogens is 1. The molecule has 0 aliphatic rings. The summed E-state index contributed by atoms with van der Waals surface area (Å²) >= 11 is 3.42. The van der Waals surface area contributed by atoms with Crippen LogP contribution in [0.3, 0.4) is 0 Å². The highest BCUT2D eigenvalue weighted by atomic mass is 79.9. The third kappa shape index (κ3) is 2.51. The number of aromatic amines is 1. The molecule has 5 nitrogen and oxygen atoms in total. The third-order valence-corrected chi connectivity index (χ3v) is 4.00.